The first-order chi connectivity index (χ1) is 17.3. The van der Waals surface area contributed by atoms with Gasteiger partial charge in [-0.2, -0.15) is 0 Å². The lowest BCUT2D eigenvalue weighted by atomic mass is 9.82. The lowest BCUT2D eigenvalue weighted by Gasteiger charge is -2.34. The van der Waals surface area contributed by atoms with Crippen molar-refractivity contribution in [2.75, 3.05) is 45.2 Å². The molecule has 0 aromatic heterocycles. The average Bonchev–Trinajstić information content (AvgIpc) is 3.25. The average molecular weight is 490 g/mol. The van der Waals surface area contributed by atoms with Crippen LogP contribution in [0.15, 0.2) is 66.8 Å². The van der Waals surface area contributed by atoms with Gasteiger partial charge >= 0.3 is 0 Å². The van der Waals surface area contributed by atoms with Crippen LogP contribution >= 0.6 is 0 Å². The molecule has 1 atom stereocenters. The third kappa shape index (κ3) is 3.87. The van der Waals surface area contributed by atoms with Crippen LogP contribution < -0.4 is 9.64 Å². The van der Waals surface area contributed by atoms with Gasteiger partial charge in [-0.1, -0.05) is 30.9 Å². The number of aliphatic hydroxyl groups excluding tert-OH is 1. The Balaban J connectivity index is 1.92. The molecule has 0 bridgehead atoms. The minimum atomic E-state index is -1.73. The molecule has 188 valence electrons. The van der Waals surface area contributed by atoms with Gasteiger partial charge in [-0.3, -0.25) is 14.4 Å². The molecule has 2 aromatic carbocycles. The van der Waals surface area contributed by atoms with Crippen molar-refractivity contribution in [2.45, 2.75) is 18.9 Å². The Labute approximate surface area is 211 Å². The first-order valence-electron chi connectivity index (χ1n) is 12.0. The van der Waals surface area contributed by atoms with Crippen LogP contribution in [0.4, 0.5) is 5.69 Å². The van der Waals surface area contributed by atoms with E-state index in [2.05, 4.69) is 6.58 Å². The van der Waals surface area contributed by atoms with Gasteiger partial charge in [0.1, 0.15) is 18.1 Å². The van der Waals surface area contributed by atoms with E-state index in [9.17, 15) is 19.5 Å². The second-order valence-electron chi connectivity index (χ2n) is 9.07. The second-order valence-corrected chi connectivity index (χ2v) is 9.07. The number of benzene rings is 2. The molecule has 2 heterocycles. The normalized spacial score (nSPS) is 20.5. The van der Waals surface area contributed by atoms with Crippen molar-refractivity contribution in [3.63, 3.8) is 0 Å². The van der Waals surface area contributed by atoms with Crippen LogP contribution in [0.5, 0.6) is 5.75 Å². The molecule has 1 fully saturated rings. The topological polar surface area (TPSA) is 90.4 Å². The molecule has 8 nitrogen and oxygen atoms in total. The van der Waals surface area contributed by atoms with Crippen LogP contribution in [0.2, 0.25) is 0 Å². The molecule has 2 aliphatic rings. The van der Waals surface area contributed by atoms with E-state index in [0.717, 1.165) is 0 Å². The van der Waals surface area contributed by atoms with Crippen LogP contribution in [0, 0.1) is 0 Å². The summed E-state index contributed by atoms with van der Waals surface area (Å²) in [7, 11) is 3.84. The predicted molar refractivity (Wildman–Crippen MR) is 138 cm³/mol. The fourth-order valence-electron chi connectivity index (χ4n) is 5.03. The van der Waals surface area contributed by atoms with E-state index >= 15 is 0 Å². The lowest BCUT2D eigenvalue weighted by molar-refractivity contribution is -0.143. The van der Waals surface area contributed by atoms with Gasteiger partial charge in [0.2, 0.25) is 0 Å². The molecule has 1 spiro atoms. The number of Topliss-reactive ketones (excluding diaryl/α,β-unsaturated/α-hetero) is 1. The summed E-state index contributed by atoms with van der Waals surface area (Å²) in [5.74, 6) is -1.90. The van der Waals surface area contributed by atoms with E-state index in [-0.39, 0.29) is 17.9 Å². The van der Waals surface area contributed by atoms with Crippen molar-refractivity contribution in [1.29, 1.82) is 0 Å². The number of rotatable bonds is 9. The standard InChI is InChI=1S/C28H31N3O5/c1-5-18-36-20-14-12-19(13-15-20)24(32)23-25(33)26(34)31(17-9-16-29(3)4)28(23)21-10-7-8-11-22(21)30(6-2)27(28)35/h5,7-8,10-15,32H,1,6,9,16-18H2,2-4H3. The van der Waals surface area contributed by atoms with Gasteiger partial charge in [0.05, 0.1) is 11.3 Å². The monoisotopic (exact) mass is 489 g/mol. The Morgan fingerprint density at radius 1 is 1.11 bits per heavy atom. The number of carbonyl (C=O) groups is 3. The van der Waals surface area contributed by atoms with Gasteiger partial charge in [0, 0.05) is 24.2 Å². The molecule has 0 saturated carbocycles. The third-order valence-corrected chi connectivity index (χ3v) is 6.61. The summed E-state index contributed by atoms with van der Waals surface area (Å²) in [4.78, 5) is 46.0. The molecule has 2 aliphatic heterocycles. The number of anilines is 1. The highest BCUT2D eigenvalue weighted by Gasteiger charge is 2.66. The number of ketones is 1. The number of nitrogens with zero attached hydrogens (tertiary/aromatic N) is 3. The van der Waals surface area contributed by atoms with Gasteiger partial charge in [0.15, 0.2) is 5.54 Å². The minimum Gasteiger partial charge on any atom is -0.507 e. The summed E-state index contributed by atoms with van der Waals surface area (Å²) in [5, 5.41) is 11.5. The second kappa shape index (κ2) is 9.99. The zero-order chi connectivity index (χ0) is 26.0. The summed E-state index contributed by atoms with van der Waals surface area (Å²) in [5.41, 5.74) is -0.468. The lowest BCUT2D eigenvalue weighted by Crippen LogP contribution is -2.52. The number of hydrogen-bond acceptors (Lipinski definition) is 6. The molecule has 1 N–H and O–H groups in total. The van der Waals surface area contributed by atoms with Gasteiger partial charge in [-0.15, -0.1) is 0 Å². The van der Waals surface area contributed by atoms with Gasteiger partial charge in [0.25, 0.3) is 17.6 Å². The quantitative estimate of drug-likeness (QED) is 0.252. The Morgan fingerprint density at radius 3 is 2.44 bits per heavy atom. The summed E-state index contributed by atoms with van der Waals surface area (Å²) < 4.78 is 5.51. The van der Waals surface area contributed by atoms with Crippen molar-refractivity contribution >= 4 is 29.0 Å². The maximum Gasteiger partial charge on any atom is 0.296 e. The molecule has 2 aromatic rings. The van der Waals surface area contributed by atoms with Crippen LogP contribution in [-0.2, 0) is 19.9 Å². The molecule has 0 aliphatic carbocycles. The highest BCUT2D eigenvalue weighted by molar-refractivity contribution is 6.50. The zero-order valence-corrected chi connectivity index (χ0v) is 20.9. The summed E-state index contributed by atoms with van der Waals surface area (Å²) in [6.07, 6.45) is 2.17. The fraction of sp³-hybridized carbons (Fsp3) is 0.321. The van der Waals surface area contributed by atoms with E-state index < -0.39 is 23.1 Å². The van der Waals surface area contributed by atoms with E-state index in [4.69, 9.17) is 4.74 Å². The molecule has 2 amide bonds. The number of likely N-dealkylation sites (tertiary alicyclic amines) is 1. The Morgan fingerprint density at radius 2 is 1.81 bits per heavy atom. The molecule has 36 heavy (non-hydrogen) atoms. The Kier molecular flexibility index (Phi) is 6.99. The van der Waals surface area contributed by atoms with E-state index in [0.29, 0.717) is 48.7 Å². The Hall–Kier alpha value is -3.91. The van der Waals surface area contributed by atoms with Gasteiger partial charge in [-0.05, 0) is 64.3 Å². The largest absolute Gasteiger partial charge is 0.507 e. The zero-order valence-electron chi connectivity index (χ0n) is 20.9. The van der Waals surface area contributed by atoms with Crippen LogP contribution in [0.25, 0.3) is 5.76 Å². The van der Waals surface area contributed by atoms with E-state index in [1.54, 1.807) is 53.4 Å². The molecule has 1 saturated heterocycles. The van der Waals surface area contributed by atoms with E-state index in [1.807, 2.05) is 32.0 Å². The van der Waals surface area contributed by atoms with Crippen molar-refractivity contribution in [3.05, 3.63) is 77.9 Å². The summed E-state index contributed by atoms with van der Waals surface area (Å²) in [6.45, 7) is 6.99. The molecule has 4 rings (SSSR count). The number of aliphatic hydroxyl groups is 1. The number of hydrogen-bond donors (Lipinski definition) is 1. The first kappa shape index (κ1) is 25.2. The number of ether oxygens (including phenoxy) is 1. The molecular weight excluding hydrogens is 458 g/mol. The molecule has 8 heteroatoms. The number of amides is 2. The van der Waals surface area contributed by atoms with Crippen LogP contribution in [0.3, 0.4) is 0 Å². The van der Waals surface area contributed by atoms with Crippen molar-refractivity contribution in [3.8, 4) is 5.75 Å². The SMILES string of the molecule is C=CCOc1ccc(C(O)=C2C(=O)C(=O)N(CCCN(C)C)C23C(=O)N(CC)c2ccccc23)cc1. The maximum atomic E-state index is 14.1. The molecular formula is C28H31N3O5. The van der Waals surface area contributed by atoms with Crippen LogP contribution in [0.1, 0.15) is 24.5 Å². The Bertz CT molecular complexity index is 1230. The number of fused-ring (bicyclic) bond motifs is 2. The molecule has 0 radical (unpaired) electrons. The minimum absolute atomic E-state index is 0.186. The predicted octanol–water partition coefficient (Wildman–Crippen LogP) is 3.15. The highest BCUT2D eigenvalue weighted by Crippen LogP contribution is 2.53. The van der Waals surface area contributed by atoms with Crippen LogP contribution in [-0.4, -0.2) is 72.8 Å². The van der Waals surface area contributed by atoms with E-state index in [1.165, 1.54) is 4.90 Å². The summed E-state index contributed by atoms with van der Waals surface area (Å²) >= 11 is 0. The number of para-hydroxylation sites is 1. The maximum absolute atomic E-state index is 14.1. The van der Waals surface area contributed by atoms with Crippen molar-refractivity contribution in [1.82, 2.24) is 9.80 Å². The molecule has 1 unspecified atom stereocenters. The third-order valence-electron chi connectivity index (χ3n) is 6.61. The first-order valence-corrected chi connectivity index (χ1v) is 12.0. The fourth-order valence-corrected chi connectivity index (χ4v) is 5.03. The smallest absolute Gasteiger partial charge is 0.296 e. The number of likely N-dealkylation sites (N-methyl/N-ethyl adjacent to an activating group) is 1. The van der Waals surface area contributed by atoms with Gasteiger partial charge in [-0.25, -0.2) is 0 Å². The van der Waals surface area contributed by atoms with Crippen molar-refractivity contribution in [2.24, 2.45) is 0 Å². The highest BCUT2D eigenvalue weighted by atomic mass is 16.5. The number of carbonyl (C=O) groups excluding carboxylic acids is 3. The van der Waals surface area contributed by atoms with Gasteiger partial charge < -0.3 is 24.5 Å². The summed E-state index contributed by atoms with van der Waals surface area (Å²) in [6, 6.07) is 13.7. The van der Waals surface area contributed by atoms with Crippen molar-refractivity contribution < 1.29 is 24.2 Å².